The minimum Gasteiger partial charge on any atom is -0.335 e. The fourth-order valence-corrected chi connectivity index (χ4v) is 2.62. The van der Waals surface area contributed by atoms with Crippen LogP contribution < -0.4 is 15.5 Å². The molecule has 1 aliphatic heterocycles. The summed E-state index contributed by atoms with van der Waals surface area (Å²) in [7, 11) is 1.89. The Balaban J connectivity index is 1.83. The number of aromatic nitrogens is 1. The van der Waals surface area contributed by atoms with Crippen LogP contribution in [0.4, 0.5) is 11.5 Å². The Morgan fingerprint density at radius 2 is 1.96 bits per heavy atom. The van der Waals surface area contributed by atoms with Crippen LogP contribution in [0.5, 0.6) is 0 Å². The number of pyridine rings is 1. The number of anilines is 2. The molecule has 0 fully saturated rings. The molecule has 2 amide bonds. The third-order valence-electron chi connectivity index (χ3n) is 4.04. The number of hydrogen-bond donors (Lipinski definition) is 2. The molecule has 6 heteroatoms. The van der Waals surface area contributed by atoms with E-state index in [0.717, 1.165) is 11.3 Å². The summed E-state index contributed by atoms with van der Waals surface area (Å²) in [5, 5.41) is 5.83. The predicted octanol–water partition coefficient (Wildman–Crippen LogP) is 2.55. The number of carbonyl (C=O) groups excluding carboxylic acids is 2. The van der Waals surface area contributed by atoms with Gasteiger partial charge in [-0.25, -0.2) is 4.98 Å². The highest BCUT2D eigenvalue weighted by atomic mass is 16.2. The van der Waals surface area contributed by atoms with Crippen LogP contribution in [0.25, 0.3) is 0 Å². The minimum absolute atomic E-state index is 0.0241. The minimum atomic E-state index is -0.297. The zero-order chi connectivity index (χ0) is 17.3. The molecule has 124 valence electrons. The molecule has 0 radical (unpaired) electrons. The van der Waals surface area contributed by atoms with Crippen molar-refractivity contribution in [2.75, 3.05) is 17.3 Å². The number of nitrogens with zero attached hydrogens (tertiary/aromatic N) is 2. The van der Waals surface area contributed by atoms with Crippen LogP contribution in [0.1, 0.15) is 35.9 Å². The van der Waals surface area contributed by atoms with Gasteiger partial charge in [0, 0.05) is 24.8 Å². The molecule has 6 nitrogen and oxygen atoms in total. The molecule has 2 aromatic rings. The molecule has 1 aliphatic rings. The van der Waals surface area contributed by atoms with E-state index in [2.05, 4.69) is 15.6 Å². The normalized spacial score (nSPS) is 16.6. The molecule has 0 bridgehead atoms. The van der Waals surface area contributed by atoms with Gasteiger partial charge in [-0.05, 0) is 29.8 Å². The van der Waals surface area contributed by atoms with E-state index in [4.69, 9.17) is 0 Å². The second-order valence-corrected chi connectivity index (χ2v) is 6.13. The maximum absolute atomic E-state index is 12.3. The standard InChI is InChI=1S/C18H20N4O2/c1-11(2)17(23)20-13-8-6-12(7-9-13)15-21-18(24)14-5-4-10-19-16(14)22(15)3/h4-11,15H,1-3H3,(H,20,23)(H,21,24)/t15-/m1/s1. The van der Waals surface area contributed by atoms with Gasteiger partial charge in [0.15, 0.2) is 0 Å². The molecule has 0 aliphatic carbocycles. The van der Waals surface area contributed by atoms with E-state index in [1.54, 1.807) is 18.3 Å². The van der Waals surface area contributed by atoms with Gasteiger partial charge in [0.25, 0.3) is 5.91 Å². The number of benzene rings is 1. The lowest BCUT2D eigenvalue weighted by Crippen LogP contribution is -2.45. The zero-order valence-electron chi connectivity index (χ0n) is 13.9. The molecule has 0 unspecified atom stereocenters. The van der Waals surface area contributed by atoms with Crippen LogP contribution >= 0.6 is 0 Å². The van der Waals surface area contributed by atoms with Crippen LogP contribution in [0.3, 0.4) is 0 Å². The maximum Gasteiger partial charge on any atom is 0.256 e. The van der Waals surface area contributed by atoms with Gasteiger partial charge in [-0.3, -0.25) is 9.59 Å². The number of rotatable bonds is 3. The van der Waals surface area contributed by atoms with E-state index in [-0.39, 0.29) is 23.9 Å². The van der Waals surface area contributed by atoms with E-state index in [9.17, 15) is 9.59 Å². The van der Waals surface area contributed by atoms with Gasteiger partial charge in [0.2, 0.25) is 5.91 Å². The van der Waals surface area contributed by atoms with Gasteiger partial charge in [-0.1, -0.05) is 26.0 Å². The maximum atomic E-state index is 12.3. The number of fused-ring (bicyclic) bond motifs is 1. The van der Waals surface area contributed by atoms with Crippen LogP contribution in [0.2, 0.25) is 0 Å². The summed E-state index contributed by atoms with van der Waals surface area (Å²) in [4.78, 5) is 30.3. The zero-order valence-corrected chi connectivity index (χ0v) is 13.9. The molecule has 24 heavy (non-hydrogen) atoms. The number of hydrogen-bond acceptors (Lipinski definition) is 4. The van der Waals surface area contributed by atoms with Crippen molar-refractivity contribution in [3.63, 3.8) is 0 Å². The average Bonchev–Trinajstić information content (AvgIpc) is 2.59. The topological polar surface area (TPSA) is 74.3 Å². The first kappa shape index (κ1) is 16.0. The fourth-order valence-electron chi connectivity index (χ4n) is 2.62. The second kappa shape index (κ2) is 6.31. The Labute approximate surface area is 140 Å². The summed E-state index contributed by atoms with van der Waals surface area (Å²) >= 11 is 0. The lowest BCUT2D eigenvalue weighted by Gasteiger charge is -2.35. The van der Waals surface area contributed by atoms with Crippen LogP contribution in [-0.2, 0) is 4.79 Å². The molecular formula is C18H20N4O2. The molecule has 2 N–H and O–H groups in total. The Morgan fingerprint density at radius 3 is 2.62 bits per heavy atom. The summed E-state index contributed by atoms with van der Waals surface area (Å²) in [6, 6.07) is 11.0. The summed E-state index contributed by atoms with van der Waals surface area (Å²) in [6.45, 7) is 3.70. The smallest absolute Gasteiger partial charge is 0.256 e. The highest BCUT2D eigenvalue weighted by Crippen LogP contribution is 2.30. The Morgan fingerprint density at radius 1 is 1.25 bits per heavy atom. The second-order valence-electron chi connectivity index (χ2n) is 6.13. The average molecular weight is 324 g/mol. The van der Waals surface area contributed by atoms with Crippen LogP contribution in [0.15, 0.2) is 42.6 Å². The lowest BCUT2D eigenvalue weighted by atomic mass is 10.1. The Bertz CT molecular complexity index is 771. The van der Waals surface area contributed by atoms with Crippen LogP contribution in [-0.4, -0.2) is 23.8 Å². The summed E-state index contributed by atoms with van der Waals surface area (Å²) in [5.41, 5.74) is 2.22. The summed E-state index contributed by atoms with van der Waals surface area (Å²) in [5.74, 6) is 0.418. The van der Waals surface area contributed by atoms with E-state index in [1.165, 1.54) is 0 Å². The van der Waals surface area contributed by atoms with Crippen molar-refractivity contribution in [2.45, 2.75) is 20.0 Å². The van der Waals surface area contributed by atoms with Gasteiger partial charge in [0.05, 0.1) is 5.56 Å². The van der Waals surface area contributed by atoms with Gasteiger partial charge in [-0.15, -0.1) is 0 Å². The fraction of sp³-hybridized carbons (Fsp3) is 0.278. The molecular weight excluding hydrogens is 304 g/mol. The molecule has 1 aromatic carbocycles. The number of carbonyl (C=O) groups is 2. The van der Waals surface area contributed by atoms with Gasteiger partial charge >= 0.3 is 0 Å². The van der Waals surface area contributed by atoms with Gasteiger partial charge < -0.3 is 15.5 Å². The van der Waals surface area contributed by atoms with Crippen molar-refractivity contribution in [1.82, 2.24) is 10.3 Å². The van der Waals surface area contributed by atoms with Crippen molar-refractivity contribution >= 4 is 23.3 Å². The number of amides is 2. The lowest BCUT2D eigenvalue weighted by molar-refractivity contribution is -0.118. The van der Waals surface area contributed by atoms with E-state index >= 15 is 0 Å². The van der Waals surface area contributed by atoms with Crippen molar-refractivity contribution in [2.24, 2.45) is 5.92 Å². The van der Waals surface area contributed by atoms with E-state index in [0.29, 0.717) is 11.4 Å². The monoisotopic (exact) mass is 324 g/mol. The first-order chi connectivity index (χ1) is 11.5. The predicted molar refractivity (Wildman–Crippen MR) is 92.8 cm³/mol. The largest absolute Gasteiger partial charge is 0.335 e. The molecule has 2 heterocycles. The highest BCUT2D eigenvalue weighted by Gasteiger charge is 2.30. The first-order valence-corrected chi connectivity index (χ1v) is 7.87. The molecule has 1 aromatic heterocycles. The molecule has 0 saturated carbocycles. The Kier molecular flexibility index (Phi) is 4.20. The Hall–Kier alpha value is -2.89. The van der Waals surface area contributed by atoms with E-state index < -0.39 is 0 Å². The molecule has 1 atom stereocenters. The molecule has 0 saturated heterocycles. The van der Waals surface area contributed by atoms with Crippen molar-refractivity contribution < 1.29 is 9.59 Å². The van der Waals surface area contributed by atoms with Crippen molar-refractivity contribution in [1.29, 1.82) is 0 Å². The third-order valence-corrected chi connectivity index (χ3v) is 4.04. The van der Waals surface area contributed by atoms with Crippen LogP contribution in [0, 0.1) is 5.92 Å². The van der Waals surface area contributed by atoms with Gasteiger partial charge in [-0.2, -0.15) is 0 Å². The van der Waals surface area contributed by atoms with E-state index in [1.807, 2.05) is 50.1 Å². The SMILES string of the molecule is CC(C)C(=O)Nc1ccc([C@@H]2NC(=O)c3cccnc3N2C)cc1. The third kappa shape index (κ3) is 2.95. The number of nitrogens with one attached hydrogen (secondary N) is 2. The van der Waals surface area contributed by atoms with Crippen molar-refractivity contribution in [3.8, 4) is 0 Å². The first-order valence-electron chi connectivity index (χ1n) is 7.87. The molecule has 3 rings (SSSR count). The van der Waals surface area contributed by atoms with Gasteiger partial charge in [0.1, 0.15) is 12.0 Å². The quantitative estimate of drug-likeness (QED) is 0.910. The summed E-state index contributed by atoms with van der Waals surface area (Å²) in [6.07, 6.45) is 1.38. The highest BCUT2D eigenvalue weighted by molar-refractivity contribution is 6.01. The molecule has 0 spiro atoms. The van der Waals surface area contributed by atoms with Crippen molar-refractivity contribution in [3.05, 3.63) is 53.7 Å². The summed E-state index contributed by atoms with van der Waals surface area (Å²) < 4.78 is 0.